The van der Waals surface area contributed by atoms with Crippen LogP contribution in [-0.4, -0.2) is 52.8 Å². The van der Waals surface area contributed by atoms with Crippen LogP contribution in [0.3, 0.4) is 0 Å². The number of nitrogens with one attached hydrogen (secondary N) is 2. The second kappa shape index (κ2) is 11.0. The van der Waals surface area contributed by atoms with E-state index in [2.05, 4.69) is 27.8 Å². The lowest BCUT2D eigenvalue weighted by atomic mass is 9.90. The van der Waals surface area contributed by atoms with E-state index in [0.29, 0.717) is 29.4 Å². The van der Waals surface area contributed by atoms with Crippen LogP contribution in [0.25, 0.3) is 0 Å². The van der Waals surface area contributed by atoms with Gasteiger partial charge in [-0.2, -0.15) is 10.1 Å². The maximum absolute atomic E-state index is 13.5. The molecule has 2 aromatic carbocycles. The number of hydrogen-bond acceptors (Lipinski definition) is 8. The highest BCUT2D eigenvalue weighted by Gasteiger charge is 2.36. The maximum atomic E-state index is 13.5. The summed E-state index contributed by atoms with van der Waals surface area (Å²) in [6.07, 6.45) is 4.74. The SMILES string of the molecule is COC(=O)C(C)(C)NC(=O)c1cnc(NC2CCC2)nc1N1CC(c2ccccc2)C(c2ccc(Cl)cc2)=N1. The van der Waals surface area contributed by atoms with Crippen molar-refractivity contribution in [3.8, 4) is 0 Å². The molecule has 3 aromatic rings. The molecule has 5 rings (SSSR count). The predicted octanol–water partition coefficient (Wildman–Crippen LogP) is 4.78. The molecule has 2 N–H and O–H groups in total. The minimum absolute atomic E-state index is 0.0761. The maximum Gasteiger partial charge on any atom is 0.330 e. The second-order valence-electron chi connectivity index (χ2n) is 10.3. The van der Waals surface area contributed by atoms with Crippen LogP contribution in [0.2, 0.25) is 5.02 Å². The molecule has 0 bridgehead atoms. The molecule has 2 heterocycles. The van der Waals surface area contributed by atoms with Crippen molar-refractivity contribution in [2.24, 2.45) is 5.10 Å². The number of ether oxygens (including phenoxy) is 1. The average molecular weight is 547 g/mol. The van der Waals surface area contributed by atoms with Crippen LogP contribution in [0.15, 0.2) is 65.9 Å². The molecule has 0 saturated heterocycles. The first-order valence-electron chi connectivity index (χ1n) is 13.0. The lowest BCUT2D eigenvalue weighted by Crippen LogP contribution is -2.50. The first-order valence-corrected chi connectivity index (χ1v) is 13.3. The normalized spacial score (nSPS) is 17.3. The number of anilines is 2. The number of esters is 1. The fourth-order valence-corrected chi connectivity index (χ4v) is 4.78. The van der Waals surface area contributed by atoms with Crippen molar-refractivity contribution in [1.29, 1.82) is 0 Å². The number of methoxy groups -OCH3 is 1. The van der Waals surface area contributed by atoms with E-state index in [-0.39, 0.29) is 11.5 Å². The van der Waals surface area contributed by atoms with Gasteiger partial charge in [-0.1, -0.05) is 54.1 Å². The van der Waals surface area contributed by atoms with Crippen LogP contribution in [0.5, 0.6) is 0 Å². The molecule has 1 aliphatic carbocycles. The fourth-order valence-electron chi connectivity index (χ4n) is 4.65. The van der Waals surface area contributed by atoms with Crippen molar-refractivity contribution < 1.29 is 14.3 Å². The molecule has 39 heavy (non-hydrogen) atoms. The summed E-state index contributed by atoms with van der Waals surface area (Å²) < 4.78 is 4.86. The van der Waals surface area contributed by atoms with E-state index in [9.17, 15) is 9.59 Å². The van der Waals surface area contributed by atoms with Gasteiger partial charge in [-0.3, -0.25) is 4.79 Å². The van der Waals surface area contributed by atoms with Crippen LogP contribution in [-0.2, 0) is 9.53 Å². The summed E-state index contributed by atoms with van der Waals surface area (Å²) in [5.74, 6) is -0.343. The van der Waals surface area contributed by atoms with Crippen LogP contribution >= 0.6 is 11.6 Å². The lowest BCUT2D eigenvalue weighted by molar-refractivity contribution is -0.146. The summed E-state index contributed by atoms with van der Waals surface area (Å²) in [6.45, 7) is 3.63. The lowest BCUT2D eigenvalue weighted by Gasteiger charge is -2.27. The Hall–Kier alpha value is -3.98. The number of amides is 1. The molecule has 10 heteroatoms. The quantitative estimate of drug-likeness (QED) is 0.391. The molecule has 0 radical (unpaired) electrons. The third-order valence-corrected chi connectivity index (χ3v) is 7.33. The molecule has 1 atom stereocenters. The van der Waals surface area contributed by atoms with Gasteiger partial charge in [0.2, 0.25) is 5.95 Å². The molecule has 1 saturated carbocycles. The van der Waals surface area contributed by atoms with Gasteiger partial charge in [-0.05, 0) is 56.4 Å². The van der Waals surface area contributed by atoms with E-state index in [1.54, 1.807) is 18.9 Å². The Balaban J connectivity index is 1.55. The minimum Gasteiger partial charge on any atom is -0.467 e. The molecule has 2 aliphatic rings. The van der Waals surface area contributed by atoms with Crippen molar-refractivity contribution in [3.63, 3.8) is 0 Å². The zero-order chi connectivity index (χ0) is 27.6. The summed E-state index contributed by atoms with van der Waals surface area (Å²) in [6, 6.07) is 18.0. The number of benzene rings is 2. The van der Waals surface area contributed by atoms with Crippen molar-refractivity contribution in [1.82, 2.24) is 15.3 Å². The summed E-state index contributed by atoms with van der Waals surface area (Å²) in [5.41, 5.74) is 1.82. The number of rotatable bonds is 8. The highest BCUT2D eigenvalue weighted by Crippen LogP contribution is 2.34. The molecular weight excluding hydrogens is 516 g/mol. The Morgan fingerprint density at radius 2 is 1.79 bits per heavy atom. The summed E-state index contributed by atoms with van der Waals surface area (Å²) in [7, 11) is 1.28. The Morgan fingerprint density at radius 1 is 1.08 bits per heavy atom. The van der Waals surface area contributed by atoms with Gasteiger partial charge in [0.05, 0.1) is 19.4 Å². The Morgan fingerprint density at radius 3 is 2.44 bits per heavy atom. The van der Waals surface area contributed by atoms with E-state index in [0.717, 1.165) is 36.1 Å². The molecule has 1 aliphatic heterocycles. The number of carbonyl (C=O) groups excluding carboxylic acids is 2. The molecule has 1 unspecified atom stereocenters. The number of hydrazone groups is 1. The van der Waals surface area contributed by atoms with E-state index < -0.39 is 17.4 Å². The number of hydrogen-bond donors (Lipinski definition) is 2. The molecule has 0 spiro atoms. The number of nitrogens with zero attached hydrogens (tertiary/aromatic N) is 4. The van der Waals surface area contributed by atoms with E-state index in [1.165, 1.54) is 13.3 Å². The summed E-state index contributed by atoms with van der Waals surface area (Å²) in [4.78, 5) is 34.9. The van der Waals surface area contributed by atoms with Gasteiger partial charge in [0.1, 0.15) is 11.1 Å². The zero-order valence-electron chi connectivity index (χ0n) is 22.1. The van der Waals surface area contributed by atoms with Crippen LogP contribution < -0.4 is 15.6 Å². The predicted molar refractivity (Wildman–Crippen MR) is 151 cm³/mol. The Kier molecular flexibility index (Phi) is 7.52. The monoisotopic (exact) mass is 546 g/mol. The summed E-state index contributed by atoms with van der Waals surface area (Å²) >= 11 is 6.16. The molecule has 1 amide bonds. The molecule has 1 fully saturated rings. The van der Waals surface area contributed by atoms with Crippen LogP contribution in [0.4, 0.5) is 11.8 Å². The van der Waals surface area contributed by atoms with Crippen LogP contribution in [0.1, 0.15) is 60.5 Å². The van der Waals surface area contributed by atoms with E-state index in [4.69, 9.17) is 26.4 Å². The van der Waals surface area contributed by atoms with Crippen molar-refractivity contribution in [2.75, 3.05) is 24.0 Å². The Bertz CT molecular complexity index is 1390. The minimum atomic E-state index is -1.25. The zero-order valence-corrected chi connectivity index (χ0v) is 22.9. The van der Waals surface area contributed by atoms with Gasteiger partial charge in [0.25, 0.3) is 5.91 Å². The topological polar surface area (TPSA) is 109 Å². The third-order valence-electron chi connectivity index (χ3n) is 7.07. The van der Waals surface area contributed by atoms with E-state index >= 15 is 0 Å². The molecule has 9 nitrogen and oxygen atoms in total. The van der Waals surface area contributed by atoms with Gasteiger partial charge in [0.15, 0.2) is 5.82 Å². The highest BCUT2D eigenvalue weighted by molar-refractivity contribution is 6.30. The fraction of sp³-hybridized carbons (Fsp3) is 0.345. The Labute approximate surface area is 232 Å². The van der Waals surface area contributed by atoms with Gasteiger partial charge < -0.3 is 15.4 Å². The van der Waals surface area contributed by atoms with E-state index in [1.807, 2.05) is 42.5 Å². The van der Waals surface area contributed by atoms with Gasteiger partial charge in [0, 0.05) is 23.2 Å². The first-order chi connectivity index (χ1) is 18.7. The highest BCUT2D eigenvalue weighted by atomic mass is 35.5. The molecule has 1 aromatic heterocycles. The van der Waals surface area contributed by atoms with Crippen molar-refractivity contribution >= 4 is 41.0 Å². The third kappa shape index (κ3) is 5.73. The van der Waals surface area contributed by atoms with Gasteiger partial charge in [-0.25, -0.2) is 14.8 Å². The van der Waals surface area contributed by atoms with Crippen molar-refractivity contribution in [2.45, 2.75) is 50.6 Å². The van der Waals surface area contributed by atoms with Crippen molar-refractivity contribution in [3.05, 3.63) is 82.5 Å². The number of halogens is 1. The standard InChI is InChI=1S/C29H31ClN6O3/c1-29(2,27(38)39-3)34-26(37)22-16-31-28(32-21-10-7-11-21)33-25(22)36-17-23(18-8-5-4-6-9-18)24(35-36)19-12-14-20(30)15-13-19/h4-6,8-9,12-16,21,23H,7,10-11,17H2,1-3H3,(H,34,37)(H,31,32,33). The first kappa shape index (κ1) is 26.6. The number of carbonyl (C=O) groups is 2. The second-order valence-corrected chi connectivity index (χ2v) is 10.7. The molecular formula is C29H31ClN6O3. The largest absolute Gasteiger partial charge is 0.467 e. The van der Waals surface area contributed by atoms with Gasteiger partial charge in [-0.15, -0.1) is 0 Å². The average Bonchev–Trinajstić information content (AvgIpc) is 3.36. The molecule has 202 valence electrons. The smallest absolute Gasteiger partial charge is 0.330 e. The summed E-state index contributed by atoms with van der Waals surface area (Å²) in [5, 5.41) is 13.5. The number of aromatic nitrogens is 2. The van der Waals surface area contributed by atoms with Gasteiger partial charge >= 0.3 is 5.97 Å². The van der Waals surface area contributed by atoms with Crippen LogP contribution in [0, 0.1) is 0 Å².